The number of aromatic nitrogens is 1. The normalized spacial score (nSPS) is 18.6. The Morgan fingerprint density at radius 2 is 1.84 bits per heavy atom. The average Bonchev–Trinajstić information content (AvgIpc) is 3.06. The molecule has 0 amide bonds. The van der Waals surface area contributed by atoms with Crippen LogP contribution >= 0.6 is 11.3 Å². The first-order chi connectivity index (χ1) is 11.7. The highest BCUT2D eigenvalue weighted by molar-refractivity contribution is 7.15. The molecule has 0 radical (unpaired) electrons. The highest BCUT2D eigenvalue weighted by atomic mass is 32.1. The van der Waals surface area contributed by atoms with Gasteiger partial charge in [0.2, 0.25) is 0 Å². The second-order valence-corrected chi connectivity index (χ2v) is 8.37. The lowest BCUT2D eigenvalue weighted by Gasteiger charge is -2.32. The summed E-state index contributed by atoms with van der Waals surface area (Å²) in [5.74, 6) is 0.698. The lowest BCUT2D eigenvalue weighted by Crippen LogP contribution is -2.41. The molecule has 0 aliphatic carbocycles. The Morgan fingerprint density at radius 3 is 2.40 bits per heavy atom. The van der Waals surface area contributed by atoms with Gasteiger partial charge in [-0.25, -0.2) is 4.98 Å². The third-order valence-electron chi connectivity index (χ3n) is 4.76. The van der Waals surface area contributed by atoms with Crippen molar-refractivity contribution in [3.05, 3.63) is 29.4 Å². The quantitative estimate of drug-likeness (QED) is 0.604. The summed E-state index contributed by atoms with van der Waals surface area (Å²) in [4.78, 5) is 5.42. The molecule has 1 aromatic carbocycles. The molecule has 134 valence electrons. The Hall–Kier alpha value is -1.41. The van der Waals surface area contributed by atoms with E-state index in [2.05, 4.69) is 4.98 Å². The van der Waals surface area contributed by atoms with Gasteiger partial charge in [0.1, 0.15) is 5.75 Å². The summed E-state index contributed by atoms with van der Waals surface area (Å²) in [5.41, 5.74) is 1.12. The van der Waals surface area contributed by atoms with Gasteiger partial charge in [-0.05, 0) is 46.2 Å². The number of methoxy groups -OCH3 is 1. The monoisotopic (exact) mass is 361 g/mol. The molecule has 25 heavy (non-hydrogen) atoms. The minimum absolute atomic E-state index is 0.164. The van der Waals surface area contributed by atoms with Crippen molar-refractivity contribution in [2.75, 3.05) is 13.9 Å². The molecule has 0 bridgehead atoms. The maximum absolute atomic E-state index is 6.17. The van der Waals surface area contributed by atoms with E-state index in [9.17, 15) is 0 Å². The van der Waals surface area contributed by atoms with Gasteiger partial charge in [-0.2, -0.15) is 0 Å². The Bertz CT molecular complexity index is 743. The molecule has 1 aliphatic heterocycles. The molecule has 5 nitrogen and oxygen atoms in total. The van der Waals surface area contributed by atoms with Crippen molar-refractivity contribution >= 4 is 23.9 Å². The van der Waals surface area contributed by atoms with Crippen molar-refractivity contribution in [3.8, 4) is 16.2 Å². The fourth-order valence-electron chi connectivity index (χ4n) is 2.59. The van der Waals surface area contributed by atoms with Crippen LogP contribution in [0.25, 0.3) is 10.4 Å². The number of ether oxygens (including phenoxy) is 2. The molecule has 0 atom stereocenters. The highest BCUT2D eigenvalue weighted by Gasteiger charge is 2.52. The predicted octanol–water partition coefficient (Wildman–Crippen LogP) is 3.40. The van der Waals surface area contributed by atoms with Gasteiger partial charge in [0.25, 0.3) is 0 Å². The molecular formula is C18H24BNO4S. The summed E-state index contributed by atoms with van der Waals surface area (Å²) in [7, 11) is 1.12. The van der Waals surface area contributed by atoms with Gasteiger partial charge in [0, 0.05) is 18.8 Å². The maximum atomic E-state index is 6.17. The van der Waals surface area contributed by atoms with Crippen LogP contribution in [0, 0.1) is 6.92 Å². The van der Waals surface area contributed by atoms with Crippen LogP contribution in [-0.2, 0) is 14.0 Å². The third-order valence-corrected chi connectivity index (χ3v) is 5.72. The van der Waals surface area contributed by atoms with Gasteiger partial charge >= 0.3 is 7.12 Å². The van der Waals surface area contributed by atoms with Crippen LogP contribution in [0.1, 0.15) is 32.7 Å². The van der Waals surface area contributed by atoms with E-state index in [1.165, 1.54) is 0 Å². The Kier molecular flexibility index (Phi) is 4.94. The largest absolute Gasteiger partial charge is 0.498 e. The summed E-state index contributed by atoms with van der Waals surface area (Å²) in [5, 5.41) is 1.03. The zero-order valence-corrected chi connectivity index (χ0v) is 16.4. The summed E-state index contributed by atoms with van der Waals surface area (Å²) in [6.07, 6.45) is 1.88. The SMILES string of the molecule is COCOc1cc(-c2cnc(C)s2)ccc1B1OC(C)(C)C(C)(C)O1. The van der Waals surface area contributed by atoms with E-state index in [1.807, 2.05) is 59.0 Å². The Labute approximate surface area is 153 Å². The van der Waals surface area contributed by atoms with Crippen molar-refractivity contribution in [1.29, 1.82) is 0 Å². The van der Waals surface area contributed by atoms with Gasteiger partial charge < -0.3 is 18.8 Å². The molecule has 0 N–H and O–H groups in total. The van der Waals surface area contributed by atoms with Crippen molar-refractivity contribution < 1.29 is 18.8 Å². The standard InChI is InChI=1S/C18H24BNO4S/c1-12-20-10-16(25-12)13-7-8-14(15(9-13)22-11-21-6)19-23-17(2,3)18(4,5)24-19/h7-10H,11H2,1-6H3. The van der Waals surface area contributed by atoms with Crippen LogP contribution < -0.4 is 10.2 Å². The van der Waals surface area contributed by atoms with Crippen LogP contribution in [0.4, 0.5) is 0 Å². The van der Waals surface area contributed by atoms with Crippen molar-refractivity contribution in [2.45, 2.75) is 45.8 Å². The number of thiazole rings is 1. The van der Waals surface area contributed by atoms with Crippen LogP contribution in [0.2, 0.25) is 0 Å². The number of nitrogens with zero attached hydrogens (tertiary/aromatic N) is 1. The molecule has 1 fully saturated rings. The molecule has 2 heterocycles. The highest BCUT2D eigenvalue weighted by Crippen LogP contribution is 2.37. The van der Waals surface area contributed by atoms with E-state index >= 15 is 0 Å². The molecule has 0 saturated carbocycles. The van der Waals surface area contributed by atoms with Gasteiger partial charge in [-0.1, -0.05) is 12.1 Å². The smallest absolute Gasteiger partial charge is 0.468 e. The van der Waals surface area contributed by atoms with Crippen molar-refractivity contribution in [1.82, 2.24) is 4.98 Å². The molecule has 2 aromatic rings. The summed E-state index contributed by atoms with van der Waals surface area (Å²) >= 11 is 1.65. The number of hydrogen-bond donors (Lipinski definition) is 0. The Balaban J connectivity index is 1.96. The van der Waals surface area contributed by atoms with Gasteiger partial charge in [0.05, 0.1) is 21.1 Å². The predicted molar refractivity (Wildman–Crippen MR) is 101 cm³/mol. The number of hydrogen-bond acceptors (Lipinski definition) is 6. The fourth-order valence-corrected chi connectivity index (χ4v) is 3.37. The summed E-state index contributed by atoms with van der Waals surface area (Å²) in [6, 6.07) is 6.04. The van der Waals surface area contributed by atoms with E-state index in [1.54, 1.807) is 18.4 Å². The zero-order chi connectivity index (χ0) is 18.2. The minimum Gasteiger partial charge on any atom is -0.468 e. The van der Waals surface area contributed by atoms with E-state index in [-0.39, 0.29) is 6.79 Å². The molecule has 3 rings (SSSR count). The molecule has 1 saturated heterocycles. The minimum atomic E-state index is -0.478. The van der Waals surface area contributed by atoms with E-state index < -0.39 is 18.3 Å². The lowest BCUT2D eigenvalue weighted by atomic mass is 9.78. The number of aryl methyl sites for hydroxylation is 1. The van der Waals surface area contributed by atoms with Gasteiger partial charge in [-0.3, -0.25) is 0 Å². The maximum Gasteiger partial charge on any atom is 0.498 e. The van der Waals surface area contributed by atoms with Crippen LogP contribution in [-0.4, -0.2) is 37.2 Å². The van der Waals surface area contributed by atoms with Gasteiger partial charge in [0.15, 0.2) is 6.79 Å². The van der Waals surface area contributed by atoms with Gasteiger partial charge in [-0.15, -0.1) is 11.3 Å². The molecular weight excluding hydrogens is 337 g/mol. The molecule has 0 unspecified atom stereocenters. The number of benzene rings is 1. The zero-order valence-electron chi connectivity index (χ0n) is 15.6. The first-order valence-electron chi connectivity index (χ1n) is 8.27. The lowest BCUT2D eigenvalue weighted by molar-refractivity contribution is 0.00578. The van der Waals surface area contributed by atoms with E-state index in [0.717, 1.165) is 20.9 Å². The Morgan fingerprint density at radius 1 is 1.16 bits per heavy atom. The first-order valence-corrected chi connectivity index (χ1v) is 9.09. The van der Waals surface area contributed by atoms with E-state index in [4.69, 9.17) is 18.8 Å². The first kappa shape index (κ1) is 18.4. The van der Waals surface area contributed by atoms with Crippen molar-refractivity contribution in [2.24, 2.45) is 0 Å². The van der Waals surface area contributed by atoms with Crippen LogP contribution in [0.5, 0.6) is 5.75 Å². The summed E-state index contributed by atoms with van der Waals surface area (Å²) in [6.45, 7) is 10.3. The summed E-state index contributed by atoms with van der Waals surface area (Å²) < 4.78 is 23.2. The third kappa shape index (κ3) is 3.60. The topological polar surface area (TPSA) is 49.8 Å². The molecule has 7 heteroatoms. The number of rotatable bonds is 5. The second-order valence-electron chi connectivity index (χ2n) is 7.14. The molecule has 1 aromatic heterocycles. The van der Waals surface area contributed by atoms with E-state index in [0.29, 0.717) is 5.75 Å². The van der Waals surface area contributed by atoms with Crippen LogP contribution in [0.15, 0.2) is 24.4 Å². The average molecular weight is 361 g/mol. The fraction of sp³-hybridized carbons (Fsp3) is 0.500. The molecule has 1 aliphatic rings. The second kappa shape index (κ2) is 6.72. The van der Waals surface area contributed by atoms with Crippen molar-refractivity contribution in [3.63, 3.8) is 0 Å². The molecule has 0 spiro atoms. The van der Waals surface area contributed by atoms with Crippen LogP contribution in [0.3, 0.4) is 0 Å².